The summed E-state index contributed by atoms with van der Waals surface area (Å²) < 4.78 is 2.01. The Morgan fingerprint density at radius 2 is 2.00 bits per heavy atom. The van der Waals surface area contributed by atoms with Gasteiger partial charge in [0.25, 0.3) is 0 Å². The van der Waals surface area contributed by atoms with Gasteiger partial charge in [-0.15, -0.1) is 0 Å². The van der Waals surface area contributed by atoms with Crippen molar-refractivity contribution in [3.05, 3.63) is 42.0 Å². The predicted molar refractivity (Wildman–Crippen MR) is 80.2 cm³/mol. The van der Waals surface area contributed by atoms with Gasteiger partial charge in [-0.1, -0.05) is 12.1 Å². The number of hydrogen-bond acceptors (Lipinski definition) is 4. The molecule has 20 heavy (non-hydrogen) atoms. The lowest BCUT2D eigenvalue weighted by molar-refractivity contribution is 0.777. The number of aryl methyl sites for hydroxylation is 2. The summed E-state index contributed by atoms with van der Waals surface area (Å²) in [4.78, 5) is 13.0. The van der Waals surface area contributed by atoms with Crippen LogP contribution in [-0.4, -0.2) is 19.5 Å². The van der Waals surface area contributed by atoms with E-state index in [1.807, 2.05) is 16.7 Å². The van der Waals surface area contributed by atoms with Crippen LogP contribution in [0.3, 0.4) is 0 Å². The minimum Gasteiger partial charge on any atom is -0.338 e. The first-order chi connectivity index (χ1) is 9.70. The summed E-state index contributed by atoms with van der Waals surface area (Å²) in [6.07, 6.45) is 3.37. The zero-order chi connectivity index (χ0) is 14.1. The lowest BCUT2D eigenvalue weighted by Gasteiger charge is -2.10. The minimum atomic E-state index is 0.746. The topological polar surface area (TPSA) is 55.6 Å². The van der Waals surface area contributed by atoms with Gasteiger partial charge in [0.15, 0.2) is 17.0 Å². The van der Waals surface area contributed by atoms with Gasteiger partial charge in [0.05, 0.1) is 6.33 Å². The highest BCUT2D eigenvalue weighted by molar-refractivity contribution is 5.85. The maximum Gasteiger partial charge on any atom is 0.165 e. The summed E-state index contributed by atoms with van der Waals surface area (Å²) in [5.41, 5.74) is 5.18. The fraction of sp³-hybridized carbons (Fsp3) is 0.267. The van der Waals surface area contributed by atoms with E-state index in [1.54, 1.807) is 12.7 Å². The fourth-order valence-corrected chi connectivity index (χ4v) is 2.22. The van der Waals surface area contributed by atoms with Crippen molar-refractivity contribution in [3.8, 4) is 0 Å². The van der Waals surface area contributed by atoms with E-state index in [0.29, 0.717) is 0 Å². The van der Waals surface area contributed by atoms with Crippen LogP contribution in [0.2, 0.25) is 0 Å². The van der Waals surface area contributed by atoms with Gasteiger partial charge in [0.1, 0.15) is 6.33 Å². The number of rotatable bonds is 3. The van der Waals surface area contributed by atoms with E-state index in [0.717, 1.165) is 29.2 Å². The average Bonchev–Trinajstić information content (AvgIpc) is 2.88. The molecule has 102 valence electrons. The standard InChI is InChI=1S/C15H17N5/c1-4-20-9-18-13-14(16-8-17-15(13)20)19-12-7-5-6-10(2)11(12)3/h5-9H,4H2,1-3H3,(H,16,17,19). The number of nitrogens with zero attached hydrogens (tertiary/aromatic N) is 4. The van der Waals surface area contributed by atoms with Gasteiger partial charge >= 0.3 is 0 Å². The summed E-state index contributed by atoms with van der Waals surface area (Å²) in [7, 11) is 0. The number of hydrogen-bond donors (Lipinski definition) is 1. The number of aromatic nitrogens is 4. The van der Waals surface area contributed by atoms with Crippen molar-refractivity contribution in [2.45, 2.75) is 27.3 Å². The van der Waals surface area contributed by atoms with E-state index in [1.165, 1.54) is 11.1 Å². The Morgan fingerprint density at radius 3 is 2.80 bits per heavy atom. The molecule has 0 fully saturated rings. The minimum absolute atomic E-state index is 0.746. The van der Waals surface area contributed by atoms with E-state index < -0.39 is 0 Å². The first-order valence-electron chi connectivity index (χ1n) is 6.69. The number of nitrogens with one attached hydrogen (secondary N) is 1. The van der Waals surface area contributed by atoms with Crippen LogP contribution < -0.4 is 5.32 Å². The van der Waals surface area contributed by atoms with Crippen molar-refractivity contribution in [1.29, 1.82) is 0 Å². The molecule has 0 spiro atoms. The maximum absolute atomic E-state index is 4.41. The van der Waals surface area contributed by atoms with Crippen LogP contribution in [-0.2, 0) is 6.54 Å². The van der Waals surface area contributed by atoms with E-state index in [-0.39, 0.29) is 0 Å². The molecule has 2 heterocycles. The summed E-state index contributed by atoms with van der Waals surface area (Å²) >= 11 is 0. The molecule has 0 aliphatic rings. The normalized spacial score (nSPS) is 10.9. The molecule has 3 aromatic rings. The predicted octanol–water partition coefficient (Wildman–Crippen LogP) is 3.21. The first kappa shape index (κ1) is 12.6. The van der Waals surface area contributed by atoms with Crippen LogP contribution >= 0.6 is 0 Å². The molecule has 0 atom stereocenters. The maximum atomic E-state index is 4.41. The molecule has 5 nitrogen and oxygen atoms in total. The Balaban J connectivity index is 2.07. The summed E-state index contributed by atoms with van der Waals surface area (Å²) in [5.74, 6) is 0.746. The van der Waals surface area contributed by atoms with Crippen LogP contribution in [0, 0.1) is 13.8 Å². The molecule has 2 aromatic heterocycles. The Kier molecular flexibility index (Phi) is 3.10. The molecule has 0 saturated carbocycles. The first-order valence-corrected chi connectivity index (χ1v) is 6.69. The molecule has 0 saturated heterocycles. The van der Waals surface area contributed by atoms with Crippen molar-refractivity contribution in [1.82, 2.24) is 19.5 Å². The Morgan fingerprint density at radius 1 is 1.15 bits per heavy atom. The lowest BCUT2D eigenvalue weighted by Crippen LogP contribution is -2.00. The molecular formula is C15H17N5. The van der Waals surface area contributed by atoms with Gasteiger partial charge in [-0.25, -0.2) is 15.0 Å². The average molecular weight is 267 g/mol. The van der Waals surface area contributed by atoms with Gasteiger partial charge in [0.2, 0.25) is 0 Å². The van der Waals surface area contributed by atoms with Crippen LogP contribution in [0.1, 0.15) is 18.1 Å². The Bertz CT molecular complexity index is 760. The van der Waals surface area contributed by atoms with Crippen LogP contribution in [0.15, 0.2) is 30.9 Å². The third-order valence-electron chi connectivity index (χ3n) is 3.60. The summed E-state index contributed by atoms with van der Waals surface area (Å²) in [5, 5.41) is 3.37. The molecule has 0 unspecified atom stereocenters. The van der Waals surface area contributed by atoms with Crippen LogP contribution in [0.25, 0.3) is 11.2 Å². The number of anilines is 2. The monoisotopic (exact) mass is 267 g/mol. The van der Waals surface area contributed by atoms with Crippen molar-refractivity contribution in [2.75, 3.05) is 5.32 Å². The molecule has 0 bridgehead atoms. The van der Waals surface area contributed by atoms with E-state index in [2.05, 4.69) is 47.1 Å². The highest BCUT2D eigenvalue weighted by atomic mass is 15.1. The lowest BCUT2D eigenvalue weighted by atomic mass is 10.1. The SMILES string of the molecule is CCn1cnc2c(Nc3cccc(C)c3C)ncnc21. The van der Waals surface area contributed by atoms with Gasteiger partial charge in [-0.3, -0.25) is 0 Å². The smallest absolute Gasteiger partial charge is 0.165 e. The summed E-state index contributed by atoms with van der Waals surface area (Å²) in [6, 6.07) is 6.18. The number of fused-ring (bicyclic) bond motifs is 1. The highest BCUT2D eigenvalue weighted by Gasteiger charge is 2.10. The molecular weight excluding hydrogens is 250 g/mol. The molecule has 1 aromatic carbocycles. The quantitative estimate of drug-likeness (QED) is 0.791. The summed E-state index contributed by atoms with van der Waals surface area (Å²) in [6.45, 7) is 7.11. The van der Waals surface area contributed by atoms with Gasteiger partial charge in [-0.2, -0.15) is 0 Å². The zero-order valence-electron chi connectivity index (χ0n) is 11.9. The second-order valence-corrected chi connectivity index (χ2v) is 4.80. The third kappa shape index (κ3) is 2.01. The third-order valence-corrected chi connectivity index (χ3v) is 3.60. The molecule has 3 rings (SSSR count). The molecule has 1 N–H and O–H groups in total. The van der Waals surface area contributed by atoms with Crippen LogP contribution in [0.5, 0.6) is 0 Å². The molecule has 0 amide bonds. The molecule has 0 radical (unpaired) electrons. The van der Waals surface area contributed by atoms with Gasteiger partial charge < -0.3 is 9.88 Å². The zero-order valence-corrected chi connectivity index (χ0v) is 11.9. The van der Waals surface area contributed by atoms with Gasteiger partial charge in [-0.05, 0) is 38.0 Å². The van der Waals surface area contributed by atoms with E-state index in [9.17, 15) is 0 Å². The number of benzene rings is 1. The molecule has 0 aliphatic heterocycles. The number of imidazole rings is 1. The van der Waals surface area contributed by atoms with E-state index in [4.69, 9.17) is 0 Å². The van der Waals surface area contributed by atoms with Crippen molar-refractivity contribution >= 4 is 22.7 Å². The van der Waals surface area contributed by atoms with Crippen molar-refractivity contribution in [2.24, 2.45) is 0 Å². The second-order valence-electron chi connectivity index (χ2n) is 4.80. The van der Waals surface area contributed by atoms with E-state index >= 15 is 0 Å². The Hall–Kier alpha value is -2.43. The van der Waals surface area contributed by atoms with Crippen LogP contribution in [0.4, 0.5) is 11.5 Å². The van der Waals surface area contributed by atoms with Crippen molar-refractivity contribution < 1.29 is 0 Å². The largest absolute Gasteiger partial charge is 0.338 e. The molecule has 0 aliphatic carbocycles. The molecule has 5 heteroatoms. The Labute approximate surface area is 117 Å². The van der Waals surface area contributed by atoms with Gasteiger partial charge in [0, 0.05) is 12.2 Å². The fourth-order valence-electron chi connectivity index (χ4n) is 2.22. The van der Waals surface area contributed by atoms with Crippen molar-refractivity contribution in [3.63, 3.8) is 0 Å². The highest BCUT2D eigenvalue weighted by Crippen LogP contribution is 2.25. The second kappa shape index (κ2) is 4.92.